The summed E-state index contributed by atoms with van der Waals surface area (Å²) >= 11 is 0. The molecule has 0 spiro atoms. The van der Waals surface area contributed by atoms with Crippen molar-refractivity contribution in [2.45, 2.75) is 187 Å². The molecule has 0 heterocycles. The molecule has 0 aliphatic rings. The molecule has 0 amide bonds. The fourth-order valence-electron chi connectivity index (χ4n) is 9.02. The summed E-state index contributed by atoms with van der Waals surface area (Å²) in [5.74, 6) is 1.20. The van der Waals surface area contributed by atoms with Gasteiger partial charge in [0.25, 0.3) is 0 Å². The van der Waals surface area contributed by atoms with Crippen molar-refractivity contribution in [3.05, 3.63) is 129 Å². The molecular formula is C53H78N2. The van der Waals surface area contributed by atoms with E-state index in [1.807, 2.05) is 0 Å². The second-order valence-electron chi connectivity index (χ2n) is 16.9. The van der Waals surface area contributed by atoms with E-state index in [0.29, 0.717) is 17.8 Å². The summed E-state index contributed by atoms with van der Waals surface area (Å²) in [4.78, 5) is 0. The van der Waals surface area contributed by atoms with Crippen LogP contribution in [0.25, 0.3) is 0 Å². The van der Waals surface area contributed by atoms with Crippen molar-refractivity contribution < 1.29 is 0 Å². The third-order valence-electron chi connectivity index (χ3n) is 12.4. The third kappa shape index (κ3) is 14.5. The molecular weight excluding hydrogens is 665 g/mol. The van der Waals surface area contributed by atoms with E-state index in [1.165, 1.54) is 179 Å². The number of hydrogen-bond donors (Lipinski definition) is 2. The number of rotatable bonds is 27. The van der Waals surface area contributed by atoms with Gasteiger partial charge in [-0.25, -0.2) is 0 Å². The van der Waals surface area contributed by atoms with Gasteiger partial charge in [0.1, 0.15) is 0 Å². The summed E-state index contributed by atoms with van der Waals surface area (Å²) in [6, 6.07) is 32.7. The van der Waals surface area contributed by atoms with Crippen LogP contribution in [0.1, 0.15) is 218 Å². The molecule has 4 rings (SSSR count). The van der Waals surface area contributed by atoms with Crippen LogP contribution in [0.3, 0.4) is 0 Å². The zero-order chi connectivity index (χ0) is 39.3. The van der Waals surface area contributed by atoms with Crippen molar-refractivity contribution in [2.24, 2.45) is 0 Å². The highest BCUT2D eigenvalue weighted by Crippen LogP contribution is 2.38. The first-order valence-electron chi connectivity index (χ1n) is 22.8. The molecule has 2 nitrogen and oxygen atoms in total. The smallest absolute Gasteiger partial charge is 0.0316 e. The van der Waals surface area contributed by atoms with Crippen LogP contribution in [0.4, 0.5) is 11.4 Å². The van der Waals surface area contributed by atoms with Crippen LogP contribution < -0.4 is 11.5 Å². The monoisotopic (exact) mass is 743 g/mol. The molecule has 0 aliphatic heterocycles. The summed E-state index contributed by atoms with van der Waals surface area (Å²) in [5, 5.41) is 0. The van der Waals surface area contributed by atoms with Gasteiger partial charge in [0.05, 0.1) is 0 Å². The number of aryl methyl sites for hydroxylation is 2. The second-order valence-corrected chi connectivity index (χ2v) is 16.9. The van der Waals surface area contributed by atoms with Gasteiger partial charge in [0, 0.05) is 29.1 Å². The van der Waals surface area contributed by atoms with Crippen LogP contribution in [-0.4, -0.2) is 0 Å². The van der Waals surface area contributed by atoms with Crippen LogP contribution in [0, 0.1) is 13.8 Å². The quantitative estimate of drug-likeness (QED) is 0.0472. The van der Waals surface area contributed by atoms with E-state index in [0.717, 1.165) is 11.4 Å². The Morgan fingerprint density at radius 1 is 0.345 bits per heavy atom. The molecule has 2 heteroatoms. The second kappa shape index (κ2) is 24.9. The third-order valence-corrected chi connectivity index (χ3v) is 12.4. The number of hydrogen-bond acceptors (Lipinski definition) is 2. The van der Waals surface area contributed by atoms with Crippen molar-refractivity contribution in [1.29, 1.82) is 0 Å². The minimum Gasteiger partial charge on any atom is -0.399 e. The van der Waals surface area contributed by atoms with E-state index in [1.54, 1.807) is 0 Å². The largest absolute Gasteiger partial charge is 0.399 e. The standard InChI is InChI=1S/C53H78N2/c1-6-9-12-15-18-21-24-51(43-27-31-45(32-28-43)52(25-22-19-16-13-10-7-2)49-37-35-47(54)39-41(49)4)44-29-33-46(34-30-44)53(26-23-20-17-14-11-8-3)50-38-36-48(55)40-42(50)5/h27-40,51-53H,6-26,54-55H2,1-5H3. The van der Waals surface area contributed by atoms with Gasteiger partial charge in [-0.1, -0.05) is 197 Å². The maximum Gasteiger partial charge on any atom is 0.0316 e. The predicted molar refractivity (Wildman–Crippen MR) is 244 cm³/mol. The highest BCUT2D eigenvalue weighted by atomic mass is 14.5. The van der Waals surface area contributed by atoms with Gasteiger partial charge in [-0.2, -0.15) is 0 Å². The Balaban J connectivity index is 1.59. The van der Waals surface area contributed by atoms with Crippen molar-refractivity contribution in [1.82, 2.24) is 0 Å². The van der Waals surface area contributed by atoms with Gasteiger partial charge in [-0.05, 0) is 102 Å². The van der Waals surface area contributed by atoms with Crippen molar-refractivity contribution >= 4 is 11.4 Å². The number of nitrogen functional groups attached to an aromatic ring is 2. The predicted octanol–water partition coefficient (Wildman–Crippen LogP) is 16.1. The Morgan fingerprint density at radius 3 is 0.927 bits per heavy atom. The fourth-order valence-corrected chi connectivity index (χ4v) is 9.02. The molecule has 0 aromatic heterocycles. The molecule has 0 bridgehead atoms. The van der Waals surface area contributed by atoms with Gasteiger partial charge >= 0.3 is 0 Å². The zero-order valence-electron chi connectivity index (χ0n) is 35.8. The molecule has 2 atom stereocenters. The molecule has 300 valence electrons. The Hall–Kier alpha value is -3.52. The first-order valence-corrected chi connectivity index (χ1v) is 22.8. The fraction of sp³-hybridized carbons (Fsp3) is 0.547. The maximum absolute atomic E-state index is 6.22. The molecule has 2 unspecified atom stereocenters. The SMILES string of the molecule is CCCCCCCCC(c1ccc(C(CCCCCCCC)c2ccc(N)cc2C)cc1)c1ccc(C(CCCCCCCC)c2ccc(N)cc2C)cc1. The molecule has 55 heavy (non-hydrogen) atoms. The average molecular weight is 743 g/mol. The van der Waals surface area contributed by atoms with Gasteiger partial charge in [-0.3, -0.25) is 0 Å². The number of nitrogens with two attached hydrogens (primary N) is 2. The normalized spacial score (nSPS) is 13.2. The highest BCUT2D eigenvalue weighted by Gasteiger charge is 2.21. The Labute approximate surface area is 338 Å². The maximum atomic E-state index is 6.22. The molecule has 0 saturated carbocycles. The molecule has 4 N–H and O–H groups in total. The van der Waals surface area contributed by atoms with Crippen LogP contribution in [0.15, 0.2) is 84.9 Å². The molecule has 0 saturated heterocycles. The molecule has 4 aromatic rings. The van der Waals surface area contributed by atoms with Crippen LogP contribution in [0.2, 0.25) is 0 Å². The van der Waals surface area contributed by atoms with E-state index < -0.39 is 0 Å². The molecule has 4 aromatic carbocycles. The lowest BCUT2D eigenvalue weighted by Gasteiger charge is -2.24. The van der Waals surface area contributed by atoms with Crippen molar-refractivity contribution in [3.8, 4) is 0 Å². The van der Waals surface area contributed by atoms with E-state index >= 15 is 0 Å². The minimum absolute atomic E-state index is 0.400. The van der Waals surface area contributed by atoms with Crippen LogP contribution in [0.5, 0.6) is 0 Å². The molecule has 0 radical (unpaired) electrons. The topological polar surface area (TPSA) is 52.0 Å². The van der Waals surface area contributed by atoms with Gasteiger partial charge < -0.3 is 11.5 Å². The first kappa shape index (κ1) is 44.2. The highest BCUT2D eigenvalue weighted by molar-refractivity contribution is 5.50. The van der Waals surface area contributed by atoms with E-state index in [9.17, 15) is 0 Å². The lowest BCUT2D eigenvalue weighted by Crippen LogP contribution is -2.07. The zero-order valence-corrected chi connectivity index (χ0v) is 35.8. The van der Waals surface area contributed by atoms with E-state index in [4.69, 9.17) is 11.5 Å². The summed E-state index contributed by atoms with van der Waals surface area (Å²) in [6.45, 7) is 11.4. The lowest BCUT2D eigenvalue weighted by atomic mass is 9.80. The van der Waals surface area contributed by atoms with E-state index in [2.05, 4.69) is 120 Å². The summed E-state index contributed by atoms with van der Waals surface area (Å²) in [6.07, 6.45) is 27.4. The Bertz CT molecular complexity index is 1500. The summed E-state index contributed by atoms with van der Waals surface area (Å²) in [5.41, 5.74) is 25.4. The van der Waals surface area contributed by atoms with Crippen molar-refractivity contribution in [3.63, 3.8) is 0 Å². The van der Waals surface area contributed by atoms with Crippen LogP contribution in [-0.2, 0) is 0 Å². The first-order chi connectivity index (χ1) is 26.9. The molecule has 0 fully saturated rings. The van der Waals surface area contributed by atoms with Gasteiger partial charge in [0.2, 0.25) is 0 Å². The summed E-state index contributed by atoms with van der Waals surface area (Å²) < 4.78 is 0. The number of benzene rings is 4. The lowest BCUT2D eigenvalue weighted by molar-refractivity contribution is 0.564. The minimum atomic E-state index is 0.400. The number of anilines is 2. The van der Waals surface area contributed by atoms with Gasteiger partial charge in [-0.15, -0.1) is 0 Å². The Morgan fingerprint density at radius 2 is 0.618 bits per heavy atom. The average Bonchev–Trinajstić information content (AvgIpc) is 3.18. The van der Waals surface area contributed by atoms with Crippen LogP contribution >= 0.6 is 0 Å². The summed E-state index contributed by atoms with van der Waals surface area (Å²) in [7, 11) is 0. The van der Waals surface area contributed by atoms with Gasteiger partial charge in [0.15, 0.2) is 0 Å². The van der Waals surface area contributed by atoms with Crippen molar-refractivity contribution in [2.75, 3.05) is 11.5 Å². The number of unbranched alkanes of at least 4 members (excludes halogenated alkanes) is 15. The van der Waals surface area contributed by atoms with E-state index in [-0.39, 0.29) is 0 Å². The molecule has 0 aliphatic carbocycles. The Kier molecular flexibility index (Phi) is 20.0.